The van der Waals surface area contributed by atoms with Crippen LogP contribution >= 0.6 is 9.24 Å². The molecule has 1 heterocycles. The Hall–Kier alpha value is 0.390. The fourth-order valence-electron chi connectivity index (χ4n) is 2.38. The van der Waals surface area contributed by atoms with Crippen LogP contribution in [0.5, 0.6) is 0 Å². The molecule has 0 aliphatic carbocycles. The zero-order chi connectivity index (χ0) is 10.2. The SMILES string of the molecule is CC(C)[C@@H]1CC(C)(P)CN1C(C)C. The monoisotopic (exact) mass is 201 g/mol. The second-order valence-electron chi connectivity index (χ2n) is 5.44. The Morgan fingerprint density at radius 1 is 1.31 bits per heavy atom. The highest BCUT2D eigenvalue weighted by atomic mass is 31.0. The van der Waals surface area contributed by atoms with Crippen LogP contribution in [0.4, 0.5) is 0 Å². The normalized spacial score (nSPS) is 36.5. The van der Waals surface area contributed by atoms with Crippen LogP contribution in [0.2, 0.25) is 0 Å². The van der Waals surface area contributed by atoms with Gasteiger partial charge in [0, 0.05) is 18.6 Å². The number of rotatable bonds is 2. The van der Waals surface area contributed by atoms with Gasteiger partial charge in [0.15, 0.2) is 0 Å². The minimum atomic E-state index is 0.444. The summed E-state index contributed by atoms with van der Waals surface area (Å²) in [5.74, 6) is 0.782. The van der Waals surface area contributed by atoms with Crippen molar-refractivity contribution in [2.45, 2.75) is 58.3 Å². The van der Waals surface area contributed by atoms with Gasteiger partial charge in [-0.2, -0.15) is 0 Å². The largest absolute Gasteiger partial charge is 0.297 e. The Morgan fingerprint density at radius 3 is 2.15 bits per heavy atom. The van der Waals surface area contributed by atoms with Crippen LogP contribution in [0.3, 0.4) is 0 Å². The van der Waals surface area contributed by atoms with Crippen molar-refractivity contribution in [3.8, 4) is 0 Å². The molecule has 1 saturated heterocycles. The third-order valence-electron chi connectivity index (χ3n) is 3.08. The van der Waals surface area contributed by atoms with Crippen molar-refractivity contribution in [2.24, 2.45) is 5.92 Å². The van der Waals surface area contributed by atoms with Gasteiger partial charge in [-0.1, -0.05) is 20.8 Å². The summed E-state index contributed by atoms with van der Waals surface area (Å²) in [4.78, 5) is 2.65. The van der Waals surface area contributed by atoms with Crippen molar-refractivity contribution in [1.29, 1.82) is 0 Å². The lowest BCUT2D eigenvalue weighted by Crippen LogP contribution is -2.39. The van der Waals surface area contributed by atoms with E-state index in [2.05, 4.69) is 48.8 Å². The first-order valence-electron chi connectivity index (χ1n) is 5.38. The lowest BCUT2D eigenvalue weighted by atomic mass is 9.97. The lowest BCUT2D eigenvalue weighted by molar-refractivity contribution is 0.165. The summed E-state index contributed by atoms with van der Waals surface area (Å²) in [6.45, 7) is 12.9. The molecule has 1 nitrogen and oxygen atoms in total. The summed E-state index contributed by atoms with van der Waals surface area (Å²) in [6, 6.07) is 1.47. The molecule has 0 aromatic heterocycles. The first-order chi connectivity index (χ1) is 5.83. The highest BCUT2D eigenvalue weighted by Crippen LogP contribution is 2.38. The van der Waals surface area contributed by atoms with Crippen LogP contribution in [0.15, 0.2) is 0 Å². The van der Waals surface area contributed by atoms with E-state index in [1.54, 1.807) is 0 Å². The Labute approximate surface area is 85.5 Å². The van der Waals surface area contributed by atoms with E-state index < -0.39 is 0 Å². The van der Waals surface area contributed by atoms with Crippen molar-refractivity contribution >= 4 is 9.24 Å². The molecule has 2 heteroatoms. The van der Waals surface area contributed by atoms with Gasteiger partial charge in [-0.15, -0.1) is 9.24 Å². The molecular weight excluding hydrogens is 177 g/mol. The molecule has 0 aromatic rings. The summed E-state index contributed by atoms with van der Waals surface area (Å²) in [7, 11) is 3.03. The zero-order valence-corrected chi connectivity index (χ0v) is 10.8. The first kappa shape index (κ1) is 11.5. The highest BCUT2D eigenvalue weighted by Gasteiger charge is 2.39. The highest BCUT2D eigenvalue weighted by molar-refractivity contribution is 7.19. The Balaban J connectivity index is 2.71. The minimum Gasteiger partial charge on any atom is -0.297 e. The van der Waals surface area contributed by atoms with E-state index in [9.17, 15) is 0 Å². The van der Waals surface area contributed by atoms with Gasteiger partial charge in [-0.25, -0.2) is 0 Å². The van der Waals surface area contributed by atoms with Gasteiger partial charge in [-0.3, -0.25) is 4.90 Å². The van der Waals surface area contributed by atoms with E-state index in [0.29, 0.717) is 11.2 Å². The fourth-order valence-corrected chi connectivity index (χ4v) is 2.83. The quantitative estimate of drug-likeness (QED) is 0.621. The van der Waals surface area contributed by atoms with Gasteiger partial charge >= 0.3 is 0 Å². The molecule has 0 aromatic carbocycles. The van der Waals surface area contributed by atoms with Gasteiger partial charge in [0.1, 0.15) is 0 Å². The minimum absolute atomic E-state index is 0.444. The molecule has 0 N–H and O–H groups in total. The van der Waals surface area contributed by atoms with Crippen LogP contribution in [0, 0.1) is 5.92 Å². The second-order valence-corrected chi connectivity index (χ2v) is 6.83. The van der Waals surface area contributed by atoms with Crippen LogP contribution in [0.25, 0.3) is 0 Å². The Morgan fingerprint density at radius 2 is 1.85 bits per heavy atom. The van der Waals surface area contributed by atoms with Crippen LogP contribution in [0.1, 0.15) is 41.0 Å². The molecule has 1 aliphatic heterocycles. The van der Waals surface area contributed by atoms with E-state index in [1.807, 2.05) is 0 Å². The number of hydrogen-bond acceptors (Lipinski definition) is 1. The van der Waals surface area contributed by atoms with Crippen molar-refractivity contribution < 1.29 is 0 Å². The maximum atomic E-state index is 3.03. The predicted octanol–water partition coefficient (Wildman–Crippen LogP) is 2.76. The third kappa shape index (κ3) is 2.67. The lowest BCUT2D eigenvalue weighted by Gasteiger charge is -2.30. The van der Waals surface area contributed by atoms with Crippen molar-refractivity contribution in [3.05, 3.63) is 0 Å². The summed E-state index contributed by atoms with van der Waals surface area (Å²) >= 11 is 0. The van der Waals surface area contributed by atoms with Gasteiger partial charge < -0.3 is 0 Å². The molecule has 13 heavy (non-hydrogen) atoms. The van der Waals surface area contributed by atoms with Crippen LogP contribution < -0.4 is 0 Å². The molecule has 0 bridgehead atoms. The summed E-state index contributed by atoms with van der Waals surface area (Å²) in [6.07, 6.45) is 1.33. The molecular formula is C11H24NP. The third-order valence-corrected chi connectivity index (χ3v) is 3.50. The fraction of sp³-hybridized carbons (Fsp3) is 1.00. The maximum Gasteiger partial charge on any atom is 0.0130 e. The van der Waals surface area contributed by atoms with Gasteiger partial charge in [-0.05, 0) is 31.3 Å². The average Bonchev–Trinajstić information content (AvgIpc) is 2.26. The smallest absolute Gasteiger partial charge is 0.0130 e. The Bertz CT molecular complexity index is 157. The number of likely N-dealkylation sites (tertiary alicyclic amines) is 1. The van der Waals surface area contributed by atoms with Crippen molar-refractivity contribution in [1.82, 2.24) is 4.90 Å². The van der Waals surface area contributed by atoms with Crippen molar-refractivity contribution in [2.75, 3.05) is 6.54 Å². The van der Waals surface area contributed by atoms with Gasteiger partial charge in [0.25, 0.3) is 0 Å². The second kappa shape index (κ2) is 3.87. The number of nitrogens with zero attached hydrogens (tertiary/aromatic N) is 1. The standard InChI is InChI=1S/C11H24NP/c1-8(2)10-6-11(5,13)7-12(10)9(3)4/h8-10H,6-7,13H2,1-5H3/t10-,11?/m0/s1. The van der Waals surface area contributed by atoms with E-state index >= 15 is 0 Å². The van der Waals surface area contributed by atoms with Crippen LogP contribution in [-0.4, -0.2) is 28.7 Å². The van der Waals surface area contributed by atoms with Gasteiger partial charge in [0.2, 0.25) is 0 Å². The molecule has 1 rings (SSSR count). The van der Waals surface area contributed by atoms with E-state index in [-0.39, 0.29) is 0 Å². The maximum absolute atomic E-state index is 3.03. The number of hydrogen-bond donors (Lipinski definition) is 0. The molecule has 1 fully saturated rings. The molecule has 1 aliphatic rings. The molecule has 2 unspecified atom stereocenters. The molecule has 0 radical (unpaired) electrons. The van der Waals surface area contributed by atoms with Crippen LogP contribution in [-0.2, 0) is 0 Å². The molecule has 0 saturated carbocycles. The molecule has 78 valence electrons. The van der Waals surface area contributed by atoms with E-state index in [4.69, 9.17) is 0 Å². The van der Waals surface area contributed by atoms with E-state index in [0.717, 1.165) is 12.0 Å². The summed E-state index contributed by atoms with van der Waals surface area (Å²) in [5, 5.41) is 0.444. The van der Waals surface area contributed by atoms with Crippen molar-refractivity contribution in [3.63, 3.8) is 0 Å². The zero-order valence-electron chi connectivity index (χ0n) is 9.67. The summed E-state index contributed by atoms with van der Waals surface area (Å²) in [5.41, 5.74) is 0. The summed E-state index contributed by atoms with van der Waals surface area (Å²) < 4.78 is 0. The van der Waals surface area contributed by atoms with Gasteiger partial charge in [0.05, 0.1) is 0 Å². The molecule has 0 amide bonds. The topological polar surface area (TPSA) is 3.24 Å². The van der Waals surface area contributed by atoms with E-state index in [1.165, 1.54) is 13.0 Å². The predicted molar refractivity (Wildman–Crippen MR) is 63.2 cm³/mol. The average molecular weight is 201 g/mol. The molecule has 0 spiro atoms. The first-order valence-corrected chi connectivity index (χ1v) is 5.96. The Kier molecular flexibility index (Phi) is 3.41. The molecule has 3 atom stereocenters.